The summed E-state index contributed by atoms with van der Waals surface area (Å²) < 4.78 is 4.89. The summed E-state index contributed by atoms with van der Waals surface area (Å²) in [5, 5.41) is 0. The monoisotopic (exact) mass is 268 g/mol. The average Bonchev–Trinajstić information content (AvgIpc) is 2.28. The Labute approximate surface area is 112 Å². The third kappa shape index (κ3) is 4.49. The van der Waals surface area contributed by atoms with Gasteiger partial charge in [0.25, 0.3) is 0 Å². The van der Waals surface area contributed by atoms with E-state index >= 15 is 0 Å². The van der Waals surface area contributed by atoms with Crippen LogP contribution < -0.4 is 0 Å². The molecule has 0 saturated carbocycles. The maximum Gasteiger partial charge on any atom is 0.310 e. The average molecular weight is 269 g/mol. The van der Waals surface area contributed by atoms with Crippen LogP contribution in [-0.2, 0) is 16.0 Å². The van der Waals surface area contributed by atoms with Gasteiger partial charge >= 0.3 is 5.97 Å². The molecule has 3 nitrogen and oxygen atoms in total. The Hall–Kier alpha value is -1.35. The number of rotatable bonds is 6. The summed E-state index contributed by atoms with van der Waals surface area (Å²) in [6.07, 6.45) is 0.501. The summed E-state index contributed by atoms with van der Waals surface area (Å²) in [6, 6.07) is 5.43. The third-order valence-corrected chi connectivity index (χ3v) is 2.62. The zero-order valence-corrected chi connectivity index (χ0v) is 11.4. The molecule has 1 aromatic carbocycles. The molecule has 0 heterocycles. The van der Waals surface area contributed by atoms with E-state index in [0.717, 1.165) is 11.1 Å². The lowest BCUT2D eigenvalue weighted by Gasteiger charge is -2.06. The Morgan fingerprint density at radius 1 is 1.28 bits per heavy atom. The molecule has 0 bridgehead atoms. The molecule has 0 aromatic heterocycles. The molecule has 0 unspecified atom stereocenters. The van der Waals surface area contributed by atoms with Gasteiger partial charge in [0.15, 0.2) is 5.78 Å². The van der Waals surface area contributed by atoms with Crippen molar-refractivity contribution in [3.8, 4) is 0 Å². The summed E-state index contributed by atoms with van der Waals surface area (Å²) in [5.74, 6) is 0.0256. The summed E-state index contributed by atoms with van der Waals surface area (Å²) >= 11 is 5.56. The molecule has 0 amide bonds. The van der Waals surface area contributed by atoms with E-state index in [1.165, 1.54) is 0 Å². The van der Waals surface area contributed by atoms with E-state index < -0.39 is 0 Å². The first-order chi connectivity index (χ1) is 8.56. The van der Waals surface area contributed by atoms with Crippen molar-refractivity contribution < 1.29 is 14.3 Å². The molecule has 0 atom stereocenters. The van der Waals surface area contributed by atoms with E-state index in [2.05, 4.69) is 0 Å². The molecule has 0 aliphatic rings. The van der Waals surface area contributed by atoms with Crippen molar-refractivity contribution in [3.63, 3.8) is 0 Å². The highest BCUT2D eigenvalue weighted by molar-refractivity contribution is 6.19. The normalized spacial score (nSPS) is 10.2. The predicted molar refractivity (Wildman–Crippen MR) is 71.2 cm³/mol. The quantitative estimate of drug-likeness (QED) is 0.453. The number of halogens is 1. The number of carbonyl (C=O) groups excluding carboxylic acids is 2. The maximum absolute atomic E-state index is 11.8. The number of hydrogen-bond acceptors (Lipinski definition) is 3. The highest BCUT2D eigenvalue weighted by atomic mass is 35.5. The Kier molecular flexibility index (Phi) is 5.86. The number of ketones is 1. The Bertz CT molecular complexity index is 441. The molecule has 0 aliphatic heterocycles. The summed E-state index contributed by atoms with van der Waals surface area (Å²) in [5.41, 5.74) is 2.36. The van der Waals surface area contributed by atoms with Gasteiger partial charge in [-0.25, -0.2) is 0 Å². The first kappa shape index (κ1) is 14.7. The second-order valence-corrected chi connectivity index (χ2v) is 4.43. The zero-order valence-electron chi connectivity index (χ0n) is 10.7. The summed E-state index contributed by atoms with van der Waals surface area (Å²) in [7, 11) is 0. The SMILES string of the molecule is CCOC(=O)Cc1cc(C)cc(C(=O)CCCl)c1. The molecule has 18 heavy (non-hydrogen) atoms. The fraction of sp³-hybridized carbons (Fsp3) is 0.429. The van der Waals surface area contributed by atoms with Crippen molar-refractivity contribution in [1.82, 2.24) is 0 Å². The fourth-order valence-corrected chi connectivity index (χ4v) is 1.91. The van der Waals surface area contributed by atoms with Crippen molar-refractivity contribution >= 4 is 23.4 Å². The number of esters is 1. The number of aryl methyl sites for hydroxylation is 1. The fourth-order valence-electron chi connectivity index (χ4n) is 1.73. The molecule has 0 spiro atoms. The van der Waals surface area contributed by atoms with Crippen molar-refractivity contribution in [2.24, 2.45) is 0 Å². The predicted octanol–water partition coefficient (Wildman–Crippen LogP) is 2.91. The highest BCUT2D eigenvalue weighted by Gasteiger charge is 2.10. The molecular weight excluding hydrogens is 252 g/mol. The number of carbonyl (C=O) groups is 2. The van der Waals surface area contributed by atoms with Crippen LogP contribution in [0.3, 0.4) is 0 Å². The first-order valence-corrected chi connectivity index (χ1v) is 6.45. The van der Waals surface area contributed by atoms with Gasteiger partial charge in [-0.3, -0.25) is 9.59 Å². The van der Waals surface area contributed by atoms with E-state index in [1.807, 2.05) is 19.1 Å². The minimum Gasteiger partial charge on any atom is -0.466 e. The van der Waals surface area contributed by atoms with Crippen LogP contribution in [0, 0.1) is 6.92 Å². The topological polar surface area (TPSA) is 43.4 Å². The molecular formula is C14H17ClO3. The van der Waals surface area contributed by atoms with Crippen molar-refractivity contribution in [2.45, 2.75) is 26.7 Å². The van der Waals surface area contributed by atoms with Crippen LogP contribution in [0.5, 0.6) is 0 Å². The van der Waals surface area contributed by atoms with Crippen molar-refractivity contribution in [1.29, 1.82) is 0 Å². The van der Waals surface area contributed by atoms with Gasteiger partial charge in [0.2, 0.25) is 0 Å². The second-order valence-electron chi connectivity index (χ2n) is 4.05. The largest absolute Gasteiger partial charge is 0.466 e. The molecule has 4 heteroatoms. The number of hydrogen-bond donors (Lipinski definition) is 0. The molecule has 0 aliphatic carbocycles. The Morgan fingerprint density at radius 3 is 2.61 bits per heavy atom. The van der Waals surface area contributed by atoms with Gasteiger partial charge in [-0.1, -0.05) is 11.6 Å². The van der Waals surface area contributed by atoms with Crippen LogP contribution in [0.15, 0.2) is 18.2 Å². The van der Waals surface area contributed by atoms with Crippen LogP contribution in [0.25, 0.3) is 0 Å². The van der Waals surface area contributed by atoms with Crippen LogP contribution in [0.4, 0.5) is 0 Å². The van der Waals surface area contributed by atoms with Crippen LogP contribution in [-0.4, -0.2) is 24.2 Å². The van der Waals surface area contributed by atoms with E-state index in [9.17, 15) is 9.59 Å². The van der Waals surface area contributed by atoms with E-state index in [0.29, 0.717) is 24.5 Å². The maximum atomic E-state index is 11.8. The third-order valence-electron chi connectivity index (χ3n) is 2.43. The lowest BCUT2D eigenvalue weighted by Crippen LogP contribution is -2.09. The van der Waals surface area contributed by atoms with Gasteiger partial charge in [-0.2, -0.15) is 0 Å². The molecule has 0 N–H and O–H groups in total. The van der Waals surface area contributed by atoms with E-state index in [4.69, 9.17) is 16.3 Å². The Balaban J connectivity index is 2.87. The van der Waals surface area contributed by atoms with E-state index in [1.54, 1.807) is 13.0 Å². The van der Waals surface area contributed by atoms with Crippen molar-refractivity contribution in [3.05, 3.63) is 34.9 Å². The first-order valence-electron chi connectivity index (χ1n) is 5.92. The van der Waals surface area contributed by atoms with Gasteiger partial charge in [0, 0.05) is 17.9 Å². The van der Waals surface area contributed by atoms with Gasteiger partial charge in [-0.15, -0.1) is 11.6 Å². The zero-order chi connectivity index (χ0) is 13.5. The number of benzene rings is 1. The molecule has 0 fully saturated rings. The van der Waals surface area contributed by atoms with Crippen LogP contribution >= 0.6 is 11.6 Å². The Morgan fingerprint density at radius 2 is 2.00 bits per heavy atom. The summed E-state index contributed by atoms with van der Waals surface area (Å²) in [6.45, 7) is 4.03. The van der Waals surface area contributed by atoms with Gasteiger partial charge in [0.1, 0.15) is 0 Å². The lowest BCUT2D eigenvalue weighted by molar-refractivity contribution is -0.142. The van der Waals surface area contributed by atoms with Gasteiger partial charge in [-0.05, 0) is 31.5 Å². The van der Waals surface area contributed by atoms with Gasteiger partial charge in [0.05, 0.1) is 13.0 Å². The standard InChI is InChI=1S/C14H17ClO3/c1-3-18-14(17)9-11-6-10(2)7-12(8-11)13(16)4-5-15/h6-8H,3-5,9H2,1-2H3. The number of alkyl halides is 1. The number of Topliss-reactive ketones (excluding diaryl/α,β-unsaturated/α-hetero) is 1. The van der Waals surface area contributed by atoms with Crippen LogP contribution in [0.2, 0.25) is 0 Å². The molecule has 0 saturated heterocycles. The minimum absolute atomic E-state index is 0.00110. The second kappa shape index (κ2) is 7.17. The van der Waals surface area contributed by atoms with Gasteiger partial charge < -0.3 is 4.74 Å². The smallest absolute Gasteiger partial charge is 0.310 e. The summed E-state index contributed by atoms with van der Waals surface area (Å²) in [4.78, 5) is 23.2. The minimum atomic E-state index is -0.279. The lowest BCUT2D eigenvalue weighted by atomic mass is 10.0. The number of ether oxygens (including phenoxy) is 1. The molecule has 1 aromatic rings. The van der Waals surface area contributed by atoms with Crippen LogP contribution in [0.1, 0.15) is 34.8 Å². The molecule has 0 radical (unpaired) electrons. The highest BCUT2D eigenvalue weighted by Crippen LogP contribution is 2.13. The molecule has 98 valence electrons. The van der Waals surface area contributed by atoms with E-state index in [-0.39, 0.29) is 18.2 Å². The van der Waals surface area contributed by atoms with Crippen molar-refractivity contribution in [2.75, 3.05) is 12.5 Å². The molecule has 1 rings (SSSR count).